The first-order valence-corrected chi connectivity index (χ1v) is 12.0. The van der Waals surface area contributed by atoms with Gasteiger partial charge in [-0.15, -0.1) is 12.4 Å². The fraction of sp³-hybridized carbons (Fsp3) is 0.280. The summed E-state index contributed by atoms with van der Waals surface area (Å²) in [6.45, 7) is 0.130. The van der Waals surface area contributed by atoms with Crippen molar-refractivity contribution in [3.63, 3.8) is 0 Å². The topological polar surface area (TPSA) is 119 Å². The number of anilines is 2. The number of nitrogens with zero attached hydrogens (tertiary/aromatic N) is 4. The number of H-pyrrole nitrogens is 1. The molecule has 3 heterocycles. The van der Waals surface area contributed by atoms with E-state index >= 15 is 4.39 Å². The van der Waals surface area contributed by atoms with Gasteiger partial charge in [0.1, 0.15) is 11.4 Å². The van der Waals surface area contributed by atoms with Gasteiger partial charge in [-0.25, -0.2) is 19.2 Å². The molecule has 3 N–H and O–H groups in total. The summed E-state index contributed by atoms with van der Waals surface area (Å²) < 4.78 is 23.0. The van der Waals surface area contributed by atoms with Crippen molar-refractivity contribution in [1.82, 2.24) is 20.0 Å². The molecule has 1 spiro atoms. The number of fused-ring (bicyclic) bond motifs is 3. The highest BCUT2D eigenvalue weighted by Crippen LogP contribution is 2.53. The van der Waals surface area contributed by atoms with Crippen LogP contribution in [0.4, 0.5) is 20.7 Å². The third kappa shape index (κ3) is 3.70. The van der Waals surface area contributed by atoms with Gasteiger partial charge in [0.25, 0.3) is 5.56 Å². The van der Waals surface area contributed by atoms with Crippen molar-refractivity contribution in [2.24, 2.45) is 12.8 Å². The fourth-order valence-corrected chi connectivity index (χ4v) is 5.62. The van der Waals surface area contributed by atoms with Crippen molar-refractivity contribution in [1.29, 1.82) is 0 Å². The second-order valence-electron chi connectivity index (χ2n) is 9.13. The lowest BCUT2D eigenvalue weighted by Gasteiger charge is -2.40. The Balaban J connectivity index is 0.00000280. The monoisotopic (exact) mass is 544 g/mol. The van der Waals surface area contributed by atoms with Crippen LogP contribution in [0.25, 0.3) is 21.9 Å². The van der Waals surface area contributed by atoms with Crippen LogP contribution in [-0.4, -0.2) is 26.1 Å². The lowest BCUT2D eigenvalue weighted by atomic mass is 9.88. The average Bonchev–Trinajstić information content (AvgIpc) is 3.48. The number of aromatic amines is 1. The van der Waals surface area contributed by atoms with Crippen LogP contribution in [0.2, 0.25) is 5.02 Å². The molecule has 192 valence electrons. The summed E-state index contributed by atoms with van der Waals surface area (Å²) in [5.74, 6) is -0.192. The summed E-state index contributed by atoms with van der Waals surface area (Å²) >= 11 is 6.18. The Labute approximate surface area is 221 Å². The number of nitrogens with one attached hydrogen (secondary N) is 1. The second-order valence-corrected chi connectivity index (χ2v) is 9.54. The van der Waals surface area contributed by atoms with E-state index < -0.39 is 17.5 Å². The number of carbonyl (C=O) groups is 1. The quantitative estimate of drug-likeness (QED) is 0.372. The molecule has 1 fully saturated rings. The van der Waals surface area contributed by atoms with Gasteiger partial charge in [0, 0.05) is 24.5 Å². The van der Waals surface area contributed by atoms with E-state index in [-0.39, 0.29) is 29.5 Å². The Morgan fingerprint density at radius 1 is 1.19 bits per heavy atom. The highest BCUT2D eigenvalue weighted by atomic mass is 35.5. The van der Waals surface area contributed by atoms with Crippen molar-refractivity contribution < 1.29 is 13.9 Å². The van der Waals surface area contributed by atoms with Crippen LogP contribution in [-0.2, 0) is 23.9 Å². The number of ether oxygens (including phenoxy) is 1. The molecule has 37 heavy (non-hydrogen) atoms. The van der Waals surface area contributed by atoms with Gasteiger partial charge in [-0.3, -0.25) is 9.48 Å². The minimum absolute atomic E-state index is 0. The molecule has 0 unspecified atom stereocenters. The van der Waals surface area contributed by atoms with E-state index in [0.717, 1.165) is 12.8 Å². The zero-order chi connectivity index (χ0) is 25.2. The number of amides is 1. The minimum Gasteiger partial charge on any atom is -0.437 e. The molecular formula is C25H23Cl2FN6O3. The Hall–Kier alpha value is -3.47. The Morgan fingerprint density at radius 2 is 1.95 bits per heavy atom. The molecule has 1 saturated carbocycles. The molecule has 1 amide bonds. The summed E-state index contributed by atoms with van der Waals surface area (Å²) in [6, 6.07) is 8.32. The first-order valence-electron chi connectivity index (χ1n) is 11.6. The van der Waals surface area contributed by atoms with E-state index in [2.05, 4.69) is 15.3 Å². The molecule has 2 aromatic carbocycles. The van der Waals surface area contributed by atoms with E-state index in [1.54, 1.807) is 37.5 Å². The maximum atomic E-state index is 15.5. The van der Waals surface area contributed by atoms with Crippen molar-refractivity contribution in [3.05, 3.63) is 69.0 Å². The summed E-state index contributed by atoms with van der Waals surface area (Å²) in [6.07, 6.45) is 3.70. The first kappa shape index (κ1) is 25.2. The molecular weight excluding hydrogens is 522 g/mol. The van der Waals surface area contributed by atoms with Crippen LogP contribution in [0.3, 0.4) is 0 Å². The maximum absolute atomic E-state index is 15.5. The normalized spacial score (nSPS) is 16.1. The molecule has 0 saturated heterocycles. The fourth-order valence-electron chi connectivity index (χ4n) is 5.46. The zero-order valence-electron chi connectivity index (χ0n) is 19.8. The molecule has 9 nitrogen and oxygen atoms in total. The second kappa shape index (κ2) is 9.13. The summed E-state index contributed by atoms with van der Waals surface area (Å²) in [7, 11) is 1.69. The Morgan fingerprint density at radius 3 is 2.68 bits per heavy atom. The molecule has 0 radical (unpaired) electrons. The molecule has 2 aromatic heterocycles. The van der Waals surface area contributed by atoms with Crippen molar-refractivity contribution >= 4 is 52.4 Å². The first-order chi connectivity index (χ1) is 17.3. The van der Waals surface area contributed by atoms with Crippen molar-refractivity contribution in [3.8, 4) is 11.1 Å². The summed E-state index contributed by atoms with van der Waals surface area (Å²) in [4.78, 5) is 27.2. The van der Waals surface area contributed by atoms with Crippen molar-refractivity contribution in [2.45, 2.75) is 37.8 Å². The van der Waals surface area contributed by atoms with Crippen LogP contribution in [0.15, 0.2) is 41.3 Å². The number of aryl methyl sites for hydroxylation is 1. The summed E-state index contributed by atoms with van der Waals surface area (Å²) in [5, 5.41) is 11.9. The average molecular weight is 545 g/mol. The number of halogens is 3. The number of nitrogens with two attached hydrogens (primary N) is 1. The Kier molecular flexibility index (Phi) is 6.21. The minimum atomic E-state index is -1.04. The highest BCUT2D eigenvalue weighted by Gasteiger charge is 2.50. The lowest BCUT2D eigenvalue weighted by molar-refractivity contribution is 0.00984. The predicted octanol–water partition coefficient (Wildman–Crippen LogP) is 5.05. The maximum Gasteiger partial charge on any atom is 0.421 e. The van der Waals surface area contributed by atoms with Gasteiger partial charge in [-0.05, 0) is 55.5 Å². The molecule has 0 atom stereocenters. The molecule has 1 aliphatic carbocycles. The van der Waals surface area contributed by atoms with Crippen LogP contribution < -0.4 is 16.2 Å². The van der Waals surface area contributed by atoms with E-state index in [1.165, 1.54) is 15.6 Å². The third-order valence-electron chi connectivity index (χ3n) is 7.14. The van der Waals surface area contributed by atoms with E-state index in [1.807, 2.05) is 0 Å². The lowest BCUT2D eigenvalue weighted by Crippen LogP contribution is -2.44. The number of carbonyl (C=O) groups excluding carboxylic acids is 1. The number of hydrogen-bond acceptors (Lipinski definition) is 6. The largest absolute Gasteiger partial charge is 0.437 e. The molecule has 6 rings (SSSR count). The SMILES string of the molecule is Cl.Cn1ncc(-c2ccc3c(=O)[nH]nc(CN)c3c2)c1N1C(=O)OC2(CCCC2)c2c1ccc(Cl)c2F. The molecule has 0 bridgehead atoms. The molecule has 2 aliphatic rings. The molecule has 12 heteroatoms. The van der Waals surface area contributed by atoms with Gasteiger partial charge in [0.2, 0.25) is 0 Å². The predicted molar refractivity (Wildman–Crippen MR) is 140 cm³/mol. The molecule has 4 aromatic rings. The van der Waals surface area contributed by atoms with Crippen LogP contribution >= 0.6 is 24.0 Å². The van der Waals surface area contributed by atoms with Gasteiger partial charge >= 0.3 is 6.09 Å². The van der Waals surface area contributed by atoms with Crippen LogP contribution in [0, 0.1) is 5.82 Å². The highest BCUT2D eigenvalue weighted by molar-refractivity contribution is 6.31. The van der Waals surface area contributed by atoms with Gasteiger partial charge in [-0.2, -0.15) is 10.2 Å². The van der Waals surface area contributed by atoms with Crippen LogP contribution in [0.5, 0.6) is 0 Å². The standard InChI is InChI=1S/C25H22ClFN6O3.ClH/c1-32-23(16(12-29-32)13-4-5-14-15(10-13)18(11-28)30-31-22(14)34)33-19-7-6-17(26)21(27)20(19)25(36-24(33)35)8-2-3-9-25;/h4-7,10,12H,2-3,8-9,11,28H2,1H3,(H,31,34);1H. The van der Waals surface area contributed by atoms with Gasteiger partial charge in [-0.1, -0.05) is 17.7 Å². The van der Waals surface area contributed by atoms with Gasteiger partial charge < -0.3 is 10.5 Å². The van der Waals surface area contributed by atoms with Crippen LogP contribution in [0.1, 0.15) is 36.9 Å². The van der Waals surface area contributed by atoms with Crippen molar-refractivity contribution in [2.75, 3.05) is 4.90 Å². The zero-order valence-corrected chi connectivity index (χ0v) is 21.3. The third-order valence-corrected chi connectivity index (χ3v) is 7.43. The molecule has 1 aliphatic heterocycles. The summed E-state index contributed by atoms with van der Waals surface area (Å²) in [5.41, 5.74) is 6.93. The number of benzene rings is 2. The smallest absolute Gasteiger partial charge is 0.421 e. The number of rotatable bonds is 3. The number of aromatic nitrogens is 4. The number of hydrogen-bond donors (Lipinski definition) is 2. The van der Waals surface area contributed by atoms with Gasteiger partial charge in [0.15, 0.2) is 5.82 Å². The van der Waals surface area contributed by atoms with E-state index in [4.69, 9.17) is 22.1 Å². The van der Waals surface area contributed by atoms with E-state index in [9.17, 15) is 9.59 Å². The Bertz CT molecular complexity index is 1610. The van der Waals surface area contributed by atoms with E-state index in [0.29, 0.717) is 57.5 Å². The van der Waals surface area contributed by atoms with Gasteiger partial charge in [0.05, 0.1) is 33.6 Å².